The molecular weight excluding hydrogens is 206 g/mol. The molecule has 4 aliphatic carbocycles. The summed E-state index contributed by atoms with van der Waals surface area (Å²) in [5.41, 5.74) is 0. The highest BCUT2D eigenvalue weighted by Gasteiger charge is 2.49. The molecule has 1 atom stereocenters. The molecule has 1 N–H and O–H groups in total. The van der Waals surface area contributed by atoms with E-state index in [4.69, 9.17) is 0 Å². The molecule has 0 radical (unpaired) electrons. The van der Waals surface area contributed by atoms with E-state index in [0.29, 0.717) is 0 Å². The monoisotopic (exact) mass is 235 g/mol. The van der Waals surface area contributed by atoms with Gasteiger partial charge in [0.2, 0.25) is 0 Å². The van der Waals surface area contributed by atoms with E-state index < -0.39 is 0 Å². The Morgan fingerprint density at radius 1 is 0.882 bits per heavy atom. The van der Waals surface area contributed by atoms with Crippen molar-refractivity contribution in [1.29, 1.82) is 0 Å². The summed E-state index contributed by atoms with van der Waals surface area (Å²) in [6, 6.07) is 0.757. The van der Waals surface area contributed by atoms with E-state index in [1.54, 1.807) is 32.1 Å². The van der Waals surface area contributed by atoms with Crippen LogP contribution in [0.1, 0.15) is 52.9 Å². The van der Waals surface area contributed by atoms with Gasteiger partial charge in [0.05, 0.1) is 0 Å². The van der Waals surface area contributed by atoms with Crippen LogP contribution in [0, 0.1) is 35.5 Å². The predicted octanol–water partition coefficient (Wildman–Crippen LogP) is 3.69. The van der Waals surface area contributed by atoms with Crippen LogP contribution >= 0.6 is 0 Å². The minimum Gasteiger partial charge on any atom is -0.314 e. The number of hydrogen-bond acceptors (Lipinski definition) is 1. The van der Waals surface area contributed by atoms with Gasteiger partial charge in [0.25, 0.3) is 0 Å². The predicted molar refractivity (Wildman–Crippen MR) is 72.8 cm³/mol. The average Bonchev–Trinajstić information content (AvgIpc) is 2.24. The van der Waals surface area contributed by atoms with Crippen LogP contribution in [0.25, 0.3) is 0 Å². The highest BCUT2D eigenvalue weighted by atomic mass is 14.9. The molecule has 0 spiro atoms. The second kappa shape index (κ2) is 4.57. The first-order chi connectivity index (χ1) is 8.13. The molecular formula is C16H29N. The standard InChI is InChI=1S/C16H29N/c1-10(2)9-17-11(3)16-14-5-12-4-13(7-14)8-15(16)6-12/h10-17H,4-9H2,1-3H3. The number of nitrogens with one attached hydrogen (secondary N) is 1. The summed E-state index contributed by atoms with van der Waals surface area (Å²) in [4.78, 5) is 0. The summed E-state index contributed by atoms with van der Waals surface area (Å²) >= 11 is 0. The molecule has 98 valence electrons. The Hall–Kier alpha value is -0.0400. The fourth-order valence-corrected chi connectivity index (χ4v) is 5.34. The molecule has 4 rings (SSSR count). The lowest BCUT2D eigenvalue weighted by molar-refractivity contribution is -0.0494. The van der Waals surface area contributed by atoms with E-state index in [-0.39, 0.29) is 0 Å². The summed E-state index contributed by atoms with van der Waals surface area (Å²) in [5.74, 6) is 6.16. The van der Waals surface area contributed by atoms with Gasteiger partial charge in [-0.05, 0) is 81.1 Å². The minimum absolute atomic E-state index is 0.757. The van der Waals surface area contributed by atoms with Crippen molar-refractivity contribution in [2.24, 2.45) is 35.5 Å². The van der Waals surface area contributed by atoms with Crippen molar-refractivity contribution >= 4 is 0 Å². The van der Waals surface area contributed by atoms with Gasteiger partial charge in [-0.2, -0.15) is 0 Å². The van der Waals surface area contributed by atoms with Crippen molar-refractivity contribution in [3.63, 3.8) is 0 Å². The normalized spacial score (nSPS) is 45.5. The first-order valence-electron chi connectivity index (χ1n) is 7.87. The lowest BCUT2D eigenvalue weighted by Crippen LogP contribution is -2.52. The Bertz CT molecular complexity index is 243. The largest absolute Gasteiger partial charge is 0.314 e. The van der Waals surface area contributed by atoms with Gasteiger partial charge >= 0.3 is 0 Å². The lowest BCUT2D eigenvalue weighted by Gasteiger charge is -2.56. The first-order valence-corrected chi connectivity index (χ1v) is 7.87. The van der Waals surface area contributed by atoms with Crippen LogP contribution in [0.5, 0.6) is 0 Å². The van der Waals surface area contributed by atoms with E-state index in [0.717, 1.165) is 41.5 Å². The van der Waals surface area contributed by atoms with Crippen LogP contribution in [-0.2, 0) is 0 Å². The molecule has 4 aliphatic rings. The lowest BCUT2D eigenvalue weighted by atomic mass is 9.50. The van der Waals surface area contributed by atoms with Crippen LogP contribution in [0.4, 0.5) is 0 Å². The highest BCUT2D eigenvalue weighted by molar-refractivity contribution is 5.00. The topological polar surface area (TPSA) is 12.0 Å². The summed E-state index contributed by atoms with van der Waals surface area (Å²) in [5, 5.41) is 3.81. The summed E-state index contributed by atoms with van der Waals surface area (Å²) < 4.78 is 0. The molecule has 0 saturated heterocycles. The maximum absolute atomic E-state index is 3.81. The Balaban J connectivity index is 1.63. The van der Waals surface area contributed by atoms with Gasteiger partial charge in [0.15, 0.2) is 0 Å². The molecule has 4 fully saturated rings. The zero-order valence-electron chi connectivity index (χ0n) is 11.8. The van der Waals surface area contributed by atoms with Gasteiger partial charge in [-0.25, -0.2) is 0 Å². The molecule has 1 nitrogen and oxygen atoms in total. The third-order valence-electron chi connectivity index (χ3n) is 5.73. The van der Waals surface area contributed by atoms with Crippen molar-refractivity contribution in [1.82, 2.24) is 5.32 Å². The highest BCUT2D eigenvalue weighted by Crippen LogP contribution is 2.57. The van der Waals surface area contributed by atoms with Crippen molar-refractivity contribution in [2.75, 3.05) is 6.54 Å². The molecule has 0 aromatic heterocycles. The van der Waals surface area contributed by atoms with E-state index >= 15 is 0 Å². The zero-order chi connectivity index (χ0) is 12.0. The van der Waals surface area contributed by atoms with Gasteiger partial charge in [-0.1, -0.05) is 13.8 Å². The van der Waals surface area contributed by atoms with Gasteiger partial charge in [0, 0.05) is 6.04 Å². The second-order valence-electron chi connectivity index (χ2n) is 7.60. The molecule has 17 heavy (non-hydrogen) atoms. The molecule has 0 aliphatic heterocycles. The fourth-order valence-electron chi connectivity index (χ4n) is 5.34. The third-order valence-corrected chi connectivity index (χ3v) is 5.73. The van der Waals surface area contributed by atoms with Gasteiger partial charge in [0.1, 0.15) is 0 Å². The van der Waals surface area contributed by atoms with Crippen LogP contribution in [0.2, 0.25) is 0 Å². The molecule has 4 bridgehead atoms. The van der Waals surface area contributed by atoms with Crippen LogP contribution in [-0.4, -0.2) is 12.6 Å². The van der Waals surface area contributed by atoms with Crippen molar-refractivity contribution < 1.29 is 0 Å². The van der Waals surface area contributed by atoms with Gasteiger partial charge < -0.3 is 5.32 Å². The molecule has 0 aromatic rings. The summed E-state index contributed by atoms with van der Waals surface area (Å²) in [6.07, 6.45) is 7.82. The van der Waals surface area contributed by atoms with E-state index in [9.17, 15) is 0 Å². The smallest absolute Gasteiger partial charge is 0.00724 e. The van der Waals surface area contributed by atoms with Crippen molar-refractivity contribution in [2.45, 2.75) is 58.9 Å². The maximum atomic E-state index is 3.81. The molecule has 0 amide bonds. The maximum Gasteiger partial charge on any atom is 0.00724 e. The average molecular weight is 235 g/mol. The van der Waals surface area contributed by atoms with Gasteiger partial charge in [-0.15, -0.1) is 0 Å². The molecule has 4 saturated carbocycles. The van der Waals surface area contributed by atoms with E-state index in [2.05, 4.69) is 26.1 Å². The number of hydrogen-bond donors (Lipinski definition) is 1. The minimum atomic E-state index is 0.757. The summed E-state index contributed by atoms with van der Waals surface area (Å²) in [6.45, 7) is 8.28. The third kappa shape index (κ3) is 2.28. The van der Waals surface area contributed by atoms with Crippen LogP contribution in [0.3, 0.4) is 0 Å². The van der Waals surface area contributed by atoms with Crippen LogP contribution in [0.15, 0.2) is 0 Å². The van der Waals surface area contributed by atoms with Crippen molar-refractivity contribution in [3.8, 4) is 0 Å². The number of rotatable bonds is 4. The Labute approximate surface area is 107 Å². The Morgan fingerprint density at radius 3 is 1.88 bits per heavy atom. The summed E-state index contributed by atoms with van der Waals surface area (Å²) in [7, 11) is 0. The molecule has 1 unspecified atom stereocenters. The molecule has 1 heteroatoms. The van der Waals surface area contributed by atoms with Crippen molar-refractivity contribution in [3.05, 3.63) is 0 Å². The van der Waals surface area contributed by atoms with Gasteiger partial charge in [-0.3, -0.25) is 0 Å². The SMILES string of the molecule is CC(C)CNC(C)C1C2CC3CC(C2)CC1C3. The van der Waals surface area contributed by atoms with Crippen LogP contribution < -0.4 is 5.32 Å². The quantitative estimate of drug-likeness (QED) is 0.783. The fraction of sp³-hybridized carbons (Fsp3) is 1.00. The first kappa shape index (κ1) is 12.0. The Kier molecular flexibility index (Phi) is 3.23. The second-order valence-corrected chi connectivity index (χ2v) is 7.60. The molecule has 0 heterocycles. The molecule has 0 aromatic carbocycles. The zero-order valence-corrected chi connectivity index (χ0v) is 11.8. The van der Waals surface area contributed by atoms with E-state index in [1.807, 2.05) is 0 Å². The Morgan fingerprint density at radius 2 is 1.41 bits per heavy atom. The van der Waals surface area contributed by atoms with E-state index in [1.165, 1.54) is 6.54 Å².